The van der Waals surface area contributed by atoms with Gasteiger partial charge < -0.3 is 10.1 Å². The number of nitrogens with one attached hydrogen (secondary N) is 1. The molecule has 5 rings (SSSR count). The fourth-order valence-corrected chi connectivity index (χ4v) is 4.06. The third-order valence-corrected chi connectivity index (χ3v) is 5.62. The highest BCUT2D eigenvalue weighted by Gasteiger charge is 2.27. The van der Waals surface area contributed by atoms with Gasteiger partial charge in [0.1, 0.15) is 23.1 Å². The van der Waals surface area contributed by atoms with Crippen molar-refractivity contribution in [3.63, 3.8) is 0 Å². The summed E-state index contributed by atoms with van der Waals surface area (Å²) in [5.74, 6) is 0.518. The van der Waals surface area contributed by atoms with Crippen LogP contribution in [0.5, 0.6) is 5.75 Å². The number of pyridine rings is 2. The molecule has 1 N–H and O–H groups in total. The van der Waals surface area contributed by atoms with Crippen molar-refractivity contribution in [2.45, 2.75) is 19.3 Å². The standard InChI is InChI=1S/C25H20F2N8O/c1-35-29-13-22(34-35)17-7-4-8-18(24(17)36-2)32-19-10-16(9-14-5-3-6-15(12-28)30-14)31-20-11-21(25(26)27)33-23(19)20/h3-8,10,13,25H,9,11H2,1-2H3,(H,31,32). The Balaban J connectivity index is 1.56. The zero-order valence-electron chi connectivity index (χ0n) is 19.4. The molecule has 0 radical (unpaired) electrons. The van der Waals surface area contributed by atoms with E-state index in [0.717, 1.165) is 5.56 Å². The zero-order chi connectivity index (χ0) is 25.2. The van der Waals surface area contributed by atoms with E-state index < -0.39 is 6.43 Å². The van der Waals surface area contributed by atoms with Crippen molar-refractivity contribution in [1.29, 1.82) is 5.26 Å². The lowest BCUT2D eigenvalue weighted by molar-refractivity contribution is 0.224. The highest BCUT2D eigenvalue weighted by atomic mass is 19.3. The van der Waals surface area contributed by atoms with Crippen LogP contribution in [0.2, 0.25) is 0 Å². The van der Waals surface area contributed by atoms with Gasteiger partial charge in [-0.3, -0.25) is 4.98 Å². The molecule has 36 heavy (non-hydrogen) atoms. The van der Waals surface area contributed by atoms with Crippen LogP contribution in [-0.4, -0.2) is 44.2 Å². The minimum absolute atomic E-state index is 0.0437. The summed E-state index contributed by atoms with van der Waals surface area (Å²) in [6.45, 7) is 0. The molecule has 4 heterocycles. The van der Waals surface area contributed by atoms with Crippen LogP contribution in [0.25, 0.3) is 11.3 Å². The van der Waals surface area contributed by atoms with E-state index in [9.17, 15) is 8.78 Å². The fourth-order valence-electron chi connectivity index (χ4n) is 4.06. The Morgan fingerprint density at radius 2 is 1.97 bits per heavy atom. The average Bonchev–Trinajstić information content (AvgIpc) is 3.50. The van der Waals surface area contributed by atoms with E-state index >= 15 is 0 Å². The summed E-state index contributed by atoms with van der Waals surface area (Å²) in [6, 6.07) is 14.4. The number of halogens is 2. The van der Waals surface area contributed by atoms with Crippen molar-refractivity contribution < 1.29 is 13.5 Å². The summed E-state index contributed by atoms with van der Waals surface area (Å²) >= 11 is 0. The minimum Gasteiger partial charge on any atom is -0.494 e. The molecule has 9 nitrogen and oxygen atoms in total. The molecule has 0 amide bonds. The van der Waals surface area contributed by atoms with Gasteiger partial charge in [-0.2, -0.15) is 20.3 Å². The Hall–Kier alpha value is -4.72. The normalized spacial score (nSPS) is 12.3. The fraction of sp³-hybridized carbons (Fsp3) is 0.200. The van der Waals surface area contributed by atoms with E-state index in [1.807, 2.05) is 24.3 Å². The molecular weight excluding hydrogens is 466 g/mol. The molecule has 0 aliphatic carbocycles. The number of aromatic nitrogens is 5. The predicted molar refractivity (Wildman–Crippen MR) is 129 cm³/mol. The maximum atomic E-state index is 13.5. The van der Waals surface area contributed by atoms with Crippen molar-refractivity contribution in [3.05, 3.63) is 71.4 Å². The minimum atomic E-state index is -2.68. The van der Waals surface area contributed by atoms with Crippen LogP contribution >= 0.6 is 0 Å². The number of nitrogens with zero attached hydrogens (tertiary/aromatic N) is 7. The first-order valence-corrected chi connectivity index (χ1v) is 11.0. The highest BCUT2D eigenvalue weighted by molar-refractivity contribution is 5.98. The Kier molecular flexibility index (Phi) is 6.08. The first-order chi connectivity index (χ1) is 17.4. The number of para-hydroxylation sites is 1. The Morgan fingerprint density at radius 3 is 2.69 bits per heavy atom. The smallest absolute Gasteiger partial charge is 0.277 e. The number of aliphatic imine (C=N–C) groups is 1. The lowest BCUT2D eigenvalue weighted by atomic mass is 10.1. The van der Waals surface area contributed by atoms with Gasteiger partial charge in [-0.05, 0) is 30.3 Å². The lowest BCUT2D eigenvalue weighted by Gasteiger charge is -2.16. The van der Waals surface area contributed by atoms with Crippen LogP contribution in [0.15, 0.2) is 53.7 Å². The van der Waals surface area contributed by atoms with Crippen LogP contribution in [0.1, 0.15) is 22.8 Å². The first-order valence-electron chi connectivity index (χ1n) is 11.0. The van der Waals surface area contributed by atoms with Gasteiger partial charge in [0.15, 0.2) is 5.75 Å². The molecule has 180 valence electrons. The van der Waals surface area contributed by atoms with Crippen LogP contribution < -0.4 is 10.1 Å². The molecule has 0 atom stereocenters. The highest BCUT2D eigenvalue weighted by Crippen LogP contribution is 2.41. The van der Waals surface area contributed by atoms with E-state index in [4.69, 9.17) is 10.00 Å². The lowest BCUT2D eigenvalue weighted by Crippen LogP contribution is -2.10. The van der Waals surface area contributed by atoms with E-state index in [0.29, 0.717) is 57.7 Å². The van der Waals surface area contributed by atoms with E-state index in [-0.39, 0.29) is 12.1 Å². The van der Waals surface area contributed by atoms with Crippen LogP contribution in [0.3, 0.4) is 0 Å². The third kappa shape index (κ3) is 4.48. The molecule has 1 aliphatic rings. The zero-order valence-corrected chi connectivity index (χ0v) is 19.4. The maximum absolute atomic E-state index is 13.5. The average molecular weight is 486 g/mol. The number of ether oxygens (including phenoxy) is 1. The van der Waals surface area contributed by atoms with Gasteiger partial charge in [-0.1, -0.05) is 12.1 Å². The molecule has 0 bridgehead atoms. The second kappa shape index (κ2) is 9.50. The number of fused-ring (bicyclic) bond motifs is 1. The molecule has 11 heteroatoms. The van der Waals surface area contributed by atoms with Gasteiger partial charge in [-0.15, -0.1) is 0 Å². The van der Waals surface area contributed by atoms with Crippen molar-refractivity contribution >= 4 is 22.8 Å². The van der Waals surface area contributed by atoms with Gasteiger partial charge in [0.2, 0.25) is 0 Å². The van der Waals surface area contributed by atoms with Crippen molar-refractivity contribution in [1.82, 2.24) is 25.0 Å². The van der Waals surface area contributed by atoms with E-state index in [1.165, 1.54) is 4.80 Å². The number of aryl methyl sites for hydroxylation is 1. The summed E-state index contributed by atoms with van der Waals surface area (Å²) < 4.78 is 32.7. The van der Waals surface area contributed by atoms with Gasteiger partial charge in [-0.25, -0.2) is 18.8 Å². The van der Waals surface area contributed by atoms with Crippen LogP contribution in [0, 0.1) is 11.3 Å². The molecular formula is C25H20F2N8O. The number of anilines is 2. The van der Waals surface area contributed by atoms with Gasteiger partial charge >= 0.3 is 0 Å². The molecule has 0 unspecified atom stereocenters. The molecule has 0 saturated heterocycles. The Labute approximate surface area is 205 Å². The third-order valence-electron chi connectivity index (χ3n) is 5.62. The van der Waals surface area contributed by atoms with E-state index in [2.05, 4.69) is 30.5 Å². The number of nitriles is 1. The maximum Gasteiger partial charge on any atom is 0.277 e. The number of hydrogen-bond donors (Lipinski definition) is 1. The number of methoxy groups -OCH3 is 1. The van der Waals surface area contributed by atoms with Crippen LogP contribution in [-0.2, 0) is 19.9 Å². The van der Waals surface area contributed by atoms with Crippen molar-refractivity contribution in [2.75, 3.05) is 12.4 Å². The summed E-state index contributed by atoms with van der Waals surface area (Å²) in [6.07, 6.45) is -0.777. The molecule has 0 spiro atoms. The second-order valence-corrected chi connectivity index (χ2v) is 8.07. The molecule has 3 aromatic heterocycles. The summed E-state index contributed by atoms with van der Waals surface area (Å²) in [4.78, 5) is 14.5. The van der Waals surface area contributed by atoms with Crippen molar-refractivity contribution in [2.24, 2.45) is 12.0 Å². The summed E-state index contributed by atoms with van der Waals surface area (Å²) in [5, 5.41) is 20.9. The quantitative estimate of drug-likeness (QED) is 0.412. The number of hydrogen-bond acceptors (Lipinski definition) is 8. The van der Waals surface area contributed by atoms with Gasteiger partial charge in [0, 0.05) is 36.8 Å². The van der Waals surface area contributed by atoms with Crippen LogP contribution in [0.4, 0.5) is 25.8 Å². The van der Waals surface area contributed by atoms with E-state index in [1.54, 1.807) is 44.6 Å². The molecule has 0 saturated carbocycles. The van der Waals surface area contributed by atoms with Crippen molar-refractivity contribution in [3.8, 4) is 23.1 Å². The predicted octanol–water partition coefficient (Wildman–Crippen LogP) is 4.38. The SMILES string of the molecule is COc1c(Nc2cc(Cc3cccc(C#N)n3)nc3c2N=C(C(F)F)C3)cccc1-c1cnn(C)n1. The molecule has 1 aliphatic heterocycles. The monoisotopic (exact) mass is 486 g/mol. The topological polar surface area (TPSA) is 114 Å². The second-order valence-electron chi connectivity index (χ2n) is 8.07. The number of alkyl halides is 2. The summed E-state index contributed by atoms with van der Waals surface area (Å²) in [7, 11) is 3.27. The Morgan fingerprint density at radius 1 is 1.14 bits per heavy atom. The molecule has 0 fully saturated rings. The Bertz CT molecular complexity index is 1520. The largest absolute Gasteiger partial charge is 0.494 e. The molecule has 4 aromatic rings. The van der Waals surface area contributed by atoms with Gasteiger partial charge in [0.25, 0.3) is 6.43 Å². The number of benzene rings is 1. The number of rotatable bonds is 7. The first kappa shape index (κ1) is 23.0. The summed E-state index contributed by atoms with van der Waals surface area (Å²) in [5.41, 5.74) is 4.57. The molecule has 1 aromatic carbocycles. The van der Waals surface area contributed by atoms with Gasteiger partial charge in [0.05, 0.1) is 36.1 Å².